The van der Waals surface area contributed by atoms with Gasteiger partial charge in [-0.05, 0) is 30.7 Å². The van der Waals surface area contributed by atoms with Crippen molar-refractivity contribution in [3.05, 3.63) is 88.4 Å². The van der Waals surface area contributed by atoms with Crippen molar-refractivity contribution in [1.82, 2.24) is 0 Å². The van der Waals surface area contributed by atoms with Gasteiger partial charge in [0.05, 0.1) is 7.11 Å². The van der Waals surface area contributed by atoms with Gasteiger partial charge in [-0.15, -0.1) is 0 Å². The maximum atomic E-state index is 6.26. The molecule has 0 bridgehead atoms. The summed E-state index contributed by atoms with van der Waals surface area (Å²) in [4.78, 5) is 0. The number of rotatable bonds is 7. The monoisotopic (exact) mass is 367 g/mol. The molecule has 0 saturated carbocycles. The van der Waals surface area contributed by atoms with Crippen molar-refractivity contribution in [3.63, 3.8) is 0 Å². The highest BCUT2D eigenvalue weighted by Crippen LogP contribution is 2.35. The van der Waals surface area contributed by atoms with Crippen LogP contribution in [0.5, 0.6) is 11.5 Å². The van der Waals surface area contributed by atoms with Gasteiger partial charge >= 0.3 is 0 Å². The molecule has 0 saturated heterocycles. The Labute approximate surface area is 159 Å². The Morgan fingerprint density at radius 2 is 1.69 bits per heavy atom. The van der Waals surface area contributed by atoms with E-state index >= 15 is 0 Å². The molecule has 134 valence electrons. The Morgan fingerprint density at radius 1 is 0.962 bits per heavy atom. The molecule has 0 aliphatic rings. The molecule has 0 aliphatic carbocycles. The van der Waals surface area contributed by atoms with E-state index in [1.807, 2.05) is 36.4 Å². The molecule has 0 amide bonds. The van der Waals surface area contributed by atoms with E-state index in [0.717, 1.165) is 16.8 Å². The van der Waals surface area contributed by atoms with Crippen molar-refractivity contribution in [2.75, 3.05) is 12.4 Å². The predicted molar refractivity (Wildman–Crippen MR) is 107 cm³/mol. The molecule has 0 fully saturated rings. The minimum absolute atomic E-state index is 0.469. The molecule has 3 aromatic rings. The maximum Gasteiger partial charge on any atom is 0.166 e. The van der Waals surface area contributed by atoms with E-state index in [0.29, 0.717) is 29.7 Å². The molecule has 26 heavy (non-hydrogen) atoms. The highest BCUT2D eigenvalue weighted by atomic mass is 35.5. The number of aryl methyl sites for hydroxylation is 1. The number of hydrogen-bond donors (Lipinski definition) is 1. The largest absolute Gasteiger partial charge is 0.493 e. The molecule has 0 aromatic heterocycles. The molecular formula is C22H22ClNO2. The first kappa shape index (κ1) is 18.2. The van der Waals surface area contributed by atoms with Gasteiger partial charge in [-0.2, -0.15) is 0 Å². The van der Waals surface area contributed by atoms with Crippen molar-refractivity contribution in [1.29, 1.82) is 0 Å². The van der Waals surface area contributed by atoms with Crippen molar-refractivity contribution < 1.29 is 9.47 Å². The third-order valence-electron chi connectivity index (χ3n) is 4.08. The summed E-state index contributed by atoms with van der Waals surface area (Å²) in [7, 11) is 1.62. The summed E-state index contributed by atoms with van der Waals surface area (Å²) >= 11 is 6.26. The standard InChI is InChI=1S/C22H22ClNO2/c1-16-8-10-20(11-9-16)24-14-18-12-19(23)13-21(25-2)22(18)26-15-17-6-4-3-5-7-17/h3-13,24H,14-15H2,1-2H3. The fourth-order valence-electron chi connectivity index (χ4n) is 2.67. The molecule has 0 aliphatic heterocycles. The lowest BCUT2D eigenvalue weighted by atomic mass is 10.1. The van der Waals surface area contributed by atoms with Crippen LogP contribution in [0.1, 0.15) is 16.7 Å². The van der Waals surface area contributed by atoms with Crippen LogP contribution in [0.3, 0.4) is 0 Å². The number of ether oxygens (including phenoxy) is 2. The topological polar surface area (TPSA) is 30.5 Å². The number of halogens is 1. The number of anilines is 1. The second-order valence-electron chi connectivity index (χ2n) is 6.09. The first-order valence-electron chi connectivity index (χ1n) is 8.49. The smallest absolute Gasteiger partial charge is 0.166 e. The summed E-state index contributed by atoms with van der Waals surface area (Å²) < 4.78 is 11.6. The Hall–Kier alpha value is -2.65. The predicted octanol–water partition coefficient (Wildman–Crippen LogP) is 5.85. The van der Waals surface area contributed by atoms with Gasteiger partial charge in [-0.1, -0.05) is 59.6 Å². The lowest BCUT2D eigenvalue weighted by Gasteiger charge is -2.17. The van der Waals surface area contributed by atoms with Gasteiger partial charge < -0.3 is 14.8 Å². The summed E-state index contributed by atoms with van der Waals surface area (Å²) in [5.41, 5.74) is 4.32. The highest BCUT2D eigenvalue weighted by Gasteiger charge is 2.13. The van der Waals surface area contributed by atoms with Crippen LogP contribution < -0.4 is 14.8 Å². The normalized spacial score (nSPS) is 10.4. The Morgan fingerprint density at radius 3 is 2.38 bits per heavy atom. The van der Waals surface area contributed by atoms with Crippen molar-refractivity contribution >= 4 is 17.3 Å². The first-order chi connectivity index (χ1) is 12.7. The number of methoxy groups -OCH3 is 1. The Balaban J connectivity index is 1.80. The number of hydrogen-bond acceptors (Lipinski definition) is 3. The zero-order valence-electron chi connectivity index (χ0n) is 15.0. The van der Waals surface area contributed by atoms with Gasteiger partial charge in [-0.25, -0.2) is 0 Å². The van der Waals surface area contributed by atoms with Crippen molar-refractivity contribution in [2.45, 2.75) is 20.1 Å². The molecule has 3 rings (SSSR count). The number of nitrogens with one attached hydrogen (secondary N) is 1. The highest BCUT2D eigenvalue weighted by molar-refractivity contribution is 6.30. The van der Waals surface area contributed by atoms with Crippen molar-refractivity contribution in [2.24, 2.45) is 0 Å². The van der Waals surface area contributed by atoms with E-state index in [2.05, 4.69) is 36.5 Å². The molecule has 3 nitrogen and oxygen atoms in total. The zero-order valence-corrected chi connectivity index (χ0v) is 15.7. The molecule has 0 unspecified atom stereocenters. The zero-order chi connectivity index (χ0) is 18.4. The average Bonchev–Trinajstić information content (AvgIpc) is 2.67. The van der Waals surface area contributed by atoms with Crippen LogP contribution in [-0.4, -0.2) is 7.11 Å². The van der Waals surface area contributed by atoms with Crippen LogP contribution >= 0.6 is 11.6 Å². The van der Waals surface area contributed by atoms with E-state index in [1.54, 1.807) is 13.2 Å². The molecular weight excluding hydrogens is 346 g/mol. The molecule has 0 heterocycles. The van der Waals surface area contributed by atoms with E-state index in [9.17, 15) is 0 Å². The summed E-state index contributed by atoms with van der Waals surface area (Å²) in [6.45, 7) is 3.13. The first-order valence-corrected chi connectivity index (χ1v) is 8.87. The molecule has 1 N–H and O–H groups in total. The quantitative estimate of drug-likeness (QED) is 0.568. The Bertz CT molecular complexity index is 848. The van der Waals surface area contributed by atoms with Gasteiger partial charge in [0.25, 0.3) is 0 Å². The molecule has 0 atom stereocenters. The summed E-state index contributed by atoms with van der Waals surface area (Å²) in [5, 5.41) is 4.03. The van der Waals surface area contributed by atoms with Crippen LogP contribution in [0, 0.1) is 6.92 Å². The minimum Gasteiger partial charge on any atom is -0.493 e. The van der Waals surface area contributed by atoms with Crippen LogP contribution in [0.25, 0.3) is 0 Å². The molecule has 3 aromatic carbocycles. The summed E-state index contributed by atoms with van der Waals surface area (Å²) in [6, 6.07) is 22.0. The van der Waals surface area contributed by atoms with E-state index in [4.69, 9.17) is 21.1 Å². The van der Waals surface area contributed by atoms with Crippen LogP contribution in [-0.2, 0) is 13.2 Å². The van der Waals surface area contributed by atoms with Crippen LogP contribution in [0.2, 0.25) is 5.02 Å². The second kappa shape index (κ2) is 8.63. The summed E-state index contributed by atoms with van der Waals surface area (Å²) in [5.74, 6) is 1.34. The molecule has 4 heteroatoms. The van der Waals surface area contributed by atoms with Crippen LogP contribution in [0.15, 0.2) is 66.7 Å². The van der Waals surface area contributed by atoms with E-state index in [1.165, 1.54) is 5.56 Å². The number of benzene rings is 3. The van der Waals surface area contributed by atoms with E-state index < -0.39 is 0 Å². The van der Waals surface area contributed by atoms with Gasteiger partial charge in [0.2, 0.25) is 0 Å². The summed E-state index contributed by atoms with van der Waals surface area (Å²) in [6.07, 6.45) is 0. The third kappa shape index (κ3) is 4.70. The van der Waals surface area contributed by atoms with Gasteiger partial charge in [0.15, 0.2) is 11.5 Å². The van der Waals surface area contributed by atoms with Gasteiger partial charge in [0, 0.05) is 28.9 Å². The Kier molecular flexibility index (Phi) is 6.03. The fourth-order valence-corrected chi connectivity index (χ4v) is 2.90. The second-order valence-corrected chi connectivity index (χ2v) is 6.53. The maximum absolute atomic E-state index is 6.26. The van der Waals surface area contributed by atoms with E-state index in [-0.39, 0.29) is 0 Å². The SMILES string of the molecule is COc1cc(Cl)cc(CNc2ccc(C)cc2)c1OCc1ccccc1. The molecule has 0 radical (unpaired) electrons. The average molecular weight is 368 g/mol. The van der Waals surface area contributed by atoms with Crippen molar-refractivity contribution in [3.8, 4) is 11.5 Å². The van der Waals surface area contributed by atoms with Gasteiger partial charge in [-0.3, -0.25) is 0 Å². The van der Waals surface area contributed by atoms with Gasteiger partial charge in [0.1, 0.15) is 6.61 Å². The lowest BCUT2D eigenvalue weighted by molar-refractivity contribution is 0.281. The fraction of sp³-hybridized carbons (Fsp3) is 0.182. The molecule has 0 spiro atoms. The lowest BCUT2D eigenvalue weighted by Crippen LogP contribution is -2.05. The van der Waals surface area contributed by atoms with Crippen LogP contribution in [0.4, 0.5) is 5.69 Å². The third-order valence-corrected chi connectivity index (χ3v) is 4.30. The minimum atomic E-state index is 0.469.